The fraction of sp³-hybridized carbons (Fsp3) is 0.562. The lowest BCUT2D eigenvalue weighted by Gasteiger charge is -2.41. The topological polar surface area (TPSA) is 66.6 Å². The molecule has 1 aromatic rings. The summed E-state index contributed by atoms with van der Waals surface area (Å²) < 4.78 is 0. The van der Waals surface area contributed by atoms with Crippen LogP contribution in [-0.2, 0) is 4.79 Å². The van der Waals surface area contributed by atoms with Gasteiger partial charge in [-0.15, -0.1) is 0 Å². The van der Waals surface area contributed by atoms with Crippen LogP contribution in [0.1, 0.15) is 38.2 Å². The van der Waals surface area contributed by atoms with Crippen molar-refractivity contribution in [1.29, 1.82) is 0 Å². The molecule has 1 saturated carbocycles. The lowest BCUT2D eigenvalue weighted by atomic mass is 9.79. The first-order valence-corrected chi connectivity index (χ1v) is 7.32. The number of hydrogen-bond acceptors (Lipinski definition) is 3. The molecule has 1 aliphatic carbocycles. The molecule has 1 aromatic carbocycles. The van der Waals surface area contributed by atoms with Gasteiger partial charge in [-0.05, 0) is 57.2 Å². The summed E-state index contributed by atoms with van der Waals surface area (Å²) >= 11 is 0. The second kappa shape index (κ2) is 5.83. The maximum atomic E-state index is 11.4. The Balaban J connectivity index is 2.21. The Bertz CT molecular complexity index is 489. The second-order valence-electron chi connectivity index (χ2n) is 5.84. The van der Waals surface area contributed by atoms with Crippen LogP contribution >= 0.6 is 0 Å². The van der Waals surface area contributed by atoms with E-state index in [4.69, 9.17) is 5.73 Å². The van der Waals surface area contributed by atoms with Gasteiger partial charge in [-0.1, -0.05) is 12.1 Å². The van der Waals surface area contributed by atoms with Gasteiger partial charge in [-0.3, -0.25) is 4.79 Å². The first kappa shape index (κ1) is 14.9. The van der Waals surface area contributed by atoms with E-state index >= 15 is 0 Å². The van der Waals surface area contributed by atoms with Crippen molar-refractivity contribution >= 4 is 11.7 Å². The lowest BCUT2D eigenvalue weighted by molar-refractivity contribution is -0.144. The van der Waals surface area contributed by atoms with E-state index < -0.39 is 11.5 Å². The predicted molar refractivity (Wildman–Crippen MR) is 81.0 cm³/mol. The Morgan fingerprint density at radius 3 is 2.90 bits per heavy atom. The molecule has 4 nitrogen and oxygen atoms in total. The van der Waals surface area contributed by atoms with Crippen LogP contribution in [0.25, 0.3) is 0 Å². The number of carbonyl (C=O) groups is 1. The number of carboxylic acids is 1. The zero-order valence-corrected chi connectivity index (χ0v) is 12.3. The van der Waals surface area contributed by atoms with Crippen LogP contribution in [0.15, 0.2) is 24.3 Å². The molecule has 0 aliphatic heterocycles. The van der Waals surface area contributed by atoms with Gasteiger partial charge in [0.1, 0.15) is 5.54 Å². The molecule has 2 unspecified atom stereocenters. The summed E-state index contributed by atoms with van der Waals surface area (Å²) in [6, 6.07) is 8.56. The highest BCUT2D eigenvalue weighted by molar-refractivity contribution is 5.78. The van der Waals surface area contributed by atoms with Crippen molar-refractivity contribution in [2.75, 3.05) is 11.4 Å². The van der Waals surface area contributed by atoms with Crippen LogP contribution in [0.5, 0.6) is 0 Å². The number of nitrogens with zero attached hydrogens (tertiary/aromatic N) is 1. The van der Waals surface area contributed by atoms with Crippen molar-refractivity contribution in [3.63, 3.8) is 0 Å². The van der Waals surface area contributed by atoms with Crippen molar-refractivity contribution in [2.24, 2.45) is 5.73 Å². The van der Waals surface area contributed by atoms with Crippen LogP contribution in [0.3, 0.4) is 0 Å². The molecule has 0 heterocycles. The predicted octanol–water partition coefficient (Wildman–Crippen LogP) is 2.55. The van der Waals surface area contributed by atoms with E-state index in [0.29, 0.717) is 12.8 Å². The molecule has 3 N–H and O–H groups in total. The normalized spacial score (nSPS) is 26.2. The fourth-order valence-electron chi connectivity index (χ4n) is 3.20. The standard InChI is InChI=1S/C16H24N2O2/c1-3-18(13-7-4-6-12(2)10-13)14-8-5-9-16(17,11-14)15(19)20/h4,6-7,10,14H,3,5,8-9,11,17H2,1-2H3,(H,19,20). The summed E-state index contributed by atoms with van der Waals surface area (Å²) in [6.45, 7) is 5.04. The second-order valence-corrected chi connectivity index (χ2v) is 5.84. The van der Waals surface area contributed by atoms with E-state index in [0.717, 1.165) is 25.1 Å². The third kappa shape index (κ3) is 2.96. The molecule has 0 saturated heterocycles. The first-order chi connectivity index (χ1) is 9.46. The Morgan fingerprint density at radius 2 is 2.30 bits per heavy atom. The van der Waals surface area contributed by atoms with Crippen molar-refractivity contribution in [2.45, 2.75) is 51.1 Å². The largest absolute Gasteiger partial charge is 0.480 e. The molecular weight excluding hydrogens is 252 g/mol. The Labute approximate surface area is 120 Å². The van der Waals surface area contributed by atoms with Crippen molar-refractivity contribution < 1.29 is 9.90 Å². The first-order valence-electron chi connectivity index (χ1n) is 7.32. The van der Waals surface area contributed by atoms with E-state index in [1.165, 1.54) is 5.56 Å². The van der Waals surface area contributed by atoms with Crippen LogP contribution in [0.4, 0.5) is 5.69 Å². The number of nitrogens with two attached hydrogens (primary N) is 1. The van der Waals surface area contributed by atoms with Crippen molar-refractivity contribution in [3.8, 4) is 0 Å². The highest BCUT2D eigenvalue weighted by Crippen LogP contribution is 2.32. The SMILES string of the molecule is CCN(c1cccc(C)c1)C1CCCC(N)(C(=O)O)C1. The van der Waals surface area contributed by atoms with Gasteiger partial charge in [-0.2, -0.15) is 0 Å². The molecule has 0 spiro atoms. The molecular formula is C16H24N2O2. The smallest absolute Gasteiger partial charge is 0.323 e. The van der Waals surface area contributed by atoms with Gasteiger partial charge in [0.15, 0.2) is 0 Å². The molecule has 2 rings (SSSR count). The zero-order valence-electron chi connectivity index (χ0n) is 12.3. The molecule has 20 heavy (non-hydrogen) atoms. The van der Waals surface area contributed by atoms with Crippen LogP contribution < -0.4 is 10.6 Å². The molecule has 1 fully saturated rings. The van der Waals surface area contributed by atoms with E-state index in [2.05, 4.69) is 36.9 Å². The van der Waals surface area contributed by atoms with E-state index in [9.17, 15) is 9.90 Å². The van der Waals surface area contributed by atoms with Crippen LogP contribution in [0.2, 0.25) is 0 Å². The Hall–Kier alpha value is -1.55. The summed E-state index contributed by atoms with van der Waals surface area (Å²) in [4.78, 5) is 13.7. The van der Waals surface area contributed by atoms with E-state index in [1.54, 1.807) is 0 Å². The lowest BCUT2D eigenvalue weighted by Crippen LogP contribution is -2.55. The summed E-state index contributed by atoms with van der Waals surface area (Å²) in [5.41, 5.74) is 7.37. The number of carboxylic acid groups (broad SMARTS) is 1. The molecule has 2 atom stereocenters. The monoisotopic (exact) mass is 276 g/mol. The van der Waals surface area contributed by atoms with Gasteiger partial charge in [0, 0.05) is 18.3 Å². The van der Waals surface area contributed by atoms with Gasteiger partial charge in [-0.25, -0.2) is 0 Å². The number of aryl methyl sites for hydroxylation is 1. The number of aliphatic carboxylic acids is 1. The molecule has 110 valence electrons. The van der Waals surface area contributed by atoms with Gasteiger partial charge in [0.25, 0.3) is 0 Å². The highest BCUT2D eigenvalue weighted by Gasteiger charge is 2.40. The summed E-state index contributed by atoms with van der Waals surface area (Å²) in [5.74, 6) is -0.873. The van der Waals surface area contributed by atoms with E-state index in [-0.39, 0.29) is 6.04 Å². The summed E-state index contributed by atoms with van der Waals surface area (Å²) in [7, 11) is 0. The van der Waals surface area contributed by atoms with E-state index in [1.807, 2.05) is 6.07 Å². The highest BCUT2D eigenvalue weighted by atomic mass is 16.4. The molecule has 0 amide bonds. The average Bonchev–Trinajstić information content (AvgIpc) is 2.40. The molecule has 0 aromatic heterocycles. The molecule has 0 bridgehead atoms. The molecule has 1 aliphatic rings. The quantitative estimate of drug-likeness (QED) is 0.887. The molecule has 4 heteroatoms. The number of rotatable bonds is 4. The van der Waals surface area contributed by atoms with Crippen molar-refractivity contribution in [3.05, 3.63) is 29.8 Å². The van der Waals surface area contributed by atoms with Gasteiger partial charge in [0.2, 0.25) is 0 Å². The third-order valence-corrected chi connectivity index (χ3v) is 4.30. The maximum absolute atomic E-state index is 11.4. The average molecular weight is 276 g/mol. The minimum absolute atomic E-state index is 0.205. The fourth-order valence-corrected chi connectivity index (χ4v) is 3.20. The zero-order chi connectivity index (χ0) is 14.8. The number of hydrogen-bond donors (Lipinski definition) is 2. The molecule has 0 radical (unpaired) electrons. The third-order valence-electron chi connectivity index (χ3n) is 4.30. The summed E-state index contributed by atoms with van der Waals surface area (Å²) in [6.07, 6.45) is 2.97. The van der Waals surface area contributed by atoms with Crippen molar-refractivity contribution in [1.82, 2.24) is 0 Å². The van der Waals surface area contributed by atoms with Gasteiger partial charge in [0.05, 0.1) is 0 Å². The van der Waals surface area contributed by atoms with Gasteiger partial charge >= 0.3 is 5.97 Å². The van der Waals surface area contributed by atoms with Crippen LogP contribution in [0, 0.1) is 6.92 Å². The Kier molecular flexibility index (Phi) is 4.33. The van der Waals surface area contributed by atoms with Crippen LogP contribution in [-0.4, -0.2) is 29.2 Å². The Morgan fingerprint density at radius 1 is 1.55 bits per heavy atom. The summed E-state index contributed by atoms with van der Waals surface area (Å²) in [5, 5.41) is 9.34. The maximum Gasteiger partial charge on any atom is 0.323 e. The number of benzene rings is 1. The number of anilines is 1. The minimum Gasteiger partial charge on any atom is -0.480 e. The minimum atomic E-state index is -1.07. The van der Waals surface area contributed by atoms with Gasteiger partial charge < -0.3 is 15.7 Å².